The van der Waals surface area contributed by atoms with Crippen molar-refractivity contribution in [3.63, 3.8) is 0 Å². The average molecular weight is 402 g/mol. The van der Waals surface area contributed by atoms with E-state index in [0.29, 0.717) is 33.0 Å². The van der Waals surface area contributed by atoms with Gasteiger partial charge in [-0.25, -0.2) is 4.39 Å². The SMILES string of the molecule is CC(C)(C)CCN1CC2(CC(Cc3ccc(-c4cc(F)ccc4Cl)nn3)C2)C1. The lowest BCUT2D eigenvalue weighted by Gasteiger charge is -2.59. The van der Waals surface area contributed by atoms with Crippen molar-refractivity contribution < 1.29 is 4.39 Å². The molecule has 0 bridgehead atoms. The summed E-state index contributed by atoms with van der Waals surface area (Å²) in [6.45, 7) is 10.7. The zero-order valence-electron chi connectivity index (χ0n) is 17.0. The highest BCUT2D eigenvalue weighted by Gasteiger charge is 2.51. The van der Waals surface area contributed by atoms with E-state index in [-0.39, 0.29) is 5.82 Å². The van der Waals surface area contributed by atoms with E-state index in [1.165, 1.54) is 51.0 Å². The van der Waals surface area contributed by atoms with Crippen LogP contribution in [0, 0.1) is 22.6 Å². The Kier molecular flexibility index (Phi) is 5.22. The smallest absolute Gasteiger partial charge is 0.123 e. The number of halogens is 2. The summed E-state index contributed by atoms with van der Waals surface area (Å²) >= 11 is 6.16. The molecular weight excluding hydrogens is 373 g/mol. The second-order valence-corrected chi connectivity index (χ2v) is 10.4. The van der Waals surface area contributed by atoms with Crippen LogP contribution < -0.4 is 0 Å². The molecule has 1 aliphatic carbocycles. The molecule has 1 aromatic carbocycles. The lowest BCUT2D eigenvalue weighted by Crippen LogP contribution is -2.62. The first-order valence-corrected chi connectivity index (χ1v) is 10.6. The summed E-state index contributed by atoms with van der Waals surface area (Å²) in [6, 6.07) is 8.22. The first kappa shape index (κ1) is 19.8. The fourth-order valence-electron chi connectivity index (χ4n) is 4.72. The molecular formula is C23H29ClFN3. The third-order valence-electron chi connectivity index (χ3n) is 6.16. The van der Waals surface area contributed by atoms with Crippen molar-refractivity contribution in [3.05, 3.63) is 46.9 Å². The van der Waals surface area contributed by atoms with Crippen LogP contribution in [0.3, 0.4) is 0 Å². The lowest BCUT2D eigenvalue weighted by atomic mass is 9.56. The van der Waals surface area contributed by atoms with Gasteiger partial charge in [-0.05, 0) is 79.3 Å². The summed E-state index contributed by atoms with van der Waals surface area (Å²) in [5.41, 5.74) is 3.22. The van der Waals surface area contributed by atoms with Crippen molar-refractivity contribution in [2.75, 3.05) is 19.6 Å². The monoisotopic (exact) mass is 401 g/mol. The number of benzene rings is 1. The minimum atomic E-state index is -0.318. The second kappa shape index (κ2) is 7.38. The number of hydrogen-bond donors (Lipinski definition) is 0. The highest BCUT2D eigenvalue weighted by atomic mass is 35.5. The molecule has 1 saturated carbocycles. The van der Waals surface area contributed by atoms with Gasteiger partial charge in [-0.2, -0.15) is 10.2 Å². The zero-order chi connectivity index (χ0) is 19.9. The van der Waals surface area contributed by atoms with Gasteiger partial charge < -0.3 is 4.90 Å². The molecule has 3 nitrogen and oxygen atoms in total. The van der Waals surface area contributed by atoms with E-state index >= 15 is 0 Å². The summed E-state index contributed by atoms with van der Waals surface area (Å²) in [5.74, 6) is 0.393. The second-order valence-electron chi connectivity index (χ2n) is 10.0. The van der Waals surface area contributed by atoms with E-state index in [2.05, 4.69) is 35.9 Å². The number of rotatable bonds is 5. The van der Waals surface area contributed by atoms with Crippen LogP contribution in [0.5, 0.6) is 0 Å². The van der Waals surface area contributed by atoms with Gasteiger partial charge in [-0.3, -0.25) is 0 Å². The van der Waals surface area contributed by atoms with E-state index in [1.807, 2.05) is 12.1 Å². The predicted octanol–water partition coefficient (Wildman–Crippen LogP) is 5.63. The van der Waals surface area contributed by atoms with Crippen LogP contribution in [0.2, 0.25) is 5.02 Å². The van der Waals surface area contributed by atoms with Crippen molar-refractivity contribution in [2.45, 2.75) is 46.5 Å². The summed E-state index contributed by atoms with van der Waals surface area (Å²) in [5, 5.41) is 9.14. The van der Waals surface area contributed by atoms with Gasteiger partial charge in [0.05, 0.1) is 16.4 Å². The Bertz CT molecular complexity index is 830. The van der Waals surface area contributed by atoms with Crippen LogP contribution in [0.15, 0.2) is 30.3 Å². The molecule has 0 N–H and O–H groups in total. The van der Waals surface area contributed by atoms with E-state index in [1.54, 1.807) is 6.07 Å². The molecule has 28 heavy (non-hydrogen) atoms. The molecule has 4 rings (SSSR count). The van der Waals surface area contributed by atoms with E-state index < -0.39 is 0 Å². The van der Waals surface area contributed by atoms with Crippen molar-refractivity contribution in [2.24, 2.45) is 16.7 Å². The maximum atomic E-state index is 13.5. The van der Waals surface area contributed by atoms with Crippen LogP contribution in [0.4, 0.5) is 4.39 Å². The third kappa shape index (κ3) is 4.38. The Morgan fingerprint density at radius 2 is 1.89 bits per heavy atom. The average Bonchev–Trinajstić information content (AvgIpc) is 2.57. The van der Waals surface area contributed by atoms with Gasteiger partial charge in [-0.15, -0.1) is 0 Å². The maximum Gasteiger partial charge on any atom is 0.123 e. The molecule has 1 aliphatic heterocycles. The Balaban J connectivity index is 1.26. The van der Waals surface area contributed by atoms with E-state index in [9.17, 15) is 4.39 Å². The van der Waals surface area contributed by atoms with Crippen molar-refractivity contribution in [3.8, 4) is 11.3 Å². The number of hydrogen-bond acceptors (Lipinski definition) is 3. The standard InChI is InChI=1S/C23H29ClFN3/c1-22(2,3)8-9-28-14-23(15-28)12-16(13-23)10-18-5-7-21(27-26-18)19-11-17(25)4-6-20(19)24/h4-7,11,16H,8-10,12-15H2,1-3H3. The molecule has 2 aromatic rings. The summed E-state index contributed by atoms with van der Waals surface area (Å²) in [6.07, 6.45) is 4.86. The van der Waals surface area contributed by atoms with Gasteiger partial charge in [0.25, 0.3) is 0 Å². The van der Waals surface area contributed by atoms with Gasteiger partial charge in [0.1, 0.15) is 5.82 Å². The summed E-state index contributed by atoms with van der Waals surface area (Å²) in [4.78, 5) is 2.61. The van der Waals surface area contributed by atoms with Crippen LogP contribution in [0.25, 0.3) is 11.3 Å². The Hall–Kier alpha value is -1.52. The van der Waals surface area contributed by atoms with Crippen molar-refractivity contribution >= 4 is 11.6 Å². The number of aromatic nitrogens is 2. The quantitative estimate of drug-likeness (QED) is 0.650. The molecule has 5 heteroatoms. The number of likely N-dealkylation sites (tertiary alicyclic amines) is 1. The van der Waals surface area contributed by atoms with Crippen molar-refractivity contribution in [1.29, 1.82) is 0 Å². The molecule has 2 aliphatic rings. The van der Waals surface area contributed by atoms with Gasteiger partial charge in [-0.1, -0.05) is 32.4 Å². The van der Waals surface area contributed by atoms with Crippen LogP contribution >= 0.6 is 11.6 Å². The normalized spacial score (nSPS) is 19.5. The minimum absolute atomic E-state index is 0.318. The largest absolute Gasteiger partial charge is 0.302 e. The molecule has 0 unspecified atom stereocenters. The van der Waals surface area contributed by atoms with E-state index in [4.69, 9.17) is 11.6 Å². The zero-order valence-corrected chi connectivity index (χ0v) is 17.8. The first-order valence-electron chi connectivity index (χ1n) is 10.2. The van der Waals surface area contributed by atoms with Gasteiger partial charge in [0.2, 0.25) is 0 Å². The van der Waals surface area contributed by atoms with Gasteiger partial charge >= 0.3 is 0 Å². The lowest BCUT2D eigenvalue weighted by molar-refractivity contribution is -0.0963. The highest BCUT2D eigenvalue weighted by Crippen LogP contribution is 2.52. The maximum absolute atomic E-state index is 13.5. The van der Waals surface area contributed by atoms with Crippen LogP contribution in [-0.2, 0) is 6.42 Å². The van der Waals surface area contributed by atoms with Crippen molar-refractivity contribution in [1.82, 2.24) is 15.1 Å². The first-order chi connectivity index (χ1) is 13.2. The fraction of sp³-hybridized carbons (Fsp3) is 0.565. The molecule has 2 heterocycles. The molecule has 0 radical (unpaired) electrons. The summed E-state index contributed by atoms with van der Waals surface area (Å²) in [7, 11) is 0. The molecule has 0 amide bonds. The Labute approximate surface area is 172 Å². The Morgan fingerprint density at radius 3 is 2.54 bits per heavy atom. The summed E-state index contributed by atoms with van der Waals surface area (Å²) < 4.78 is 13.5. The van der Waals surface area contributed by atoms with Crippen LogP contribution in [-0.4, -0.2) is 34.7 Å². The molecule has 2 fully saturated rings. The molecule has 0 atom stereocenters. The number of nitrogens with zero attached hydrogens (tertiary/aromatic N) is 3. The van der Waals surface area contributed by atoms with Gasteiger partial charge in [0, 0.05) is 18.7 Å². The molecule has 150 valence electrons. The highest BCUT2D eigenvalue weighted by molar-refractivity contribution is 6.33. The van der Waals surface area contributed by atoms with E-state index in [0.717, 1.165) is 12.1 Å². The third-order valence-corrected chi connectivity index (χ3v) is 6.49. The Morgan fingerprint density at radius 1 is 1.14 bits per heavy atom. The van der Waals surface area contributed by atoms with Gasteiger partial charge in [0.15, 0.2) is 0 Å². The fourth-order valence-corrected chi connectivity index (χ4v) is 4.94. The topological polar surface area (TPSA) is 29.0 Å². The molecule has 1 saturated heterocycles. The minimum Gasteiger partial charge on any atom is -0.302 e. The van der Waals surface area contributed by atoms with Crippen LogP contribution in [0.1, 0.15) is 45.7 Å². The predicted molar refractivity (Wildman–Crippen MR) is 112 cm³/mol. The molecule has 1 aromatic heterocycles. The molecule has 1 spiro atoms.